The van der Waals surface area contributed by atoms with E-state index in [2.05, 4.69) is 29.5 Å². The topological polar surface area (TPSA) is 71.1 Å². The third-order valence-electron chi connectivity index (χ3n) is 2.95. The highest BCUT2D eigenvalue weighted by atomic mass is 32.1. The van der Waals surface area contributed by atoms with Crippen LogP contribution < -0.4 is 10.6 Å². The first-order valence-corrected chi connectivity index (χ1v) is 8.76. The van der Waals surface area contributed by atoms with E-state index in [0.29, 0.717) is 28.8 Å². The maximum Gasteiger partial charge on any atom is 0.263 e. The molecular formula is C15H19N3O2S2. The first kappa shape index (κ1) is 16.6. The molecule has 2 aromatic rings. The second kappa shape index (κ2) is 7.51. The van der Waals surface area contributed by atoms with Gasteiger partial charge in [-0.3, -0.25) is 9.59 Å². The molecule has 0 unspecified atom stereocenters. The predicted octanol–water partition coefficient (Wildman–Crippen LogP) is 2.80. The van der Waals surface area contributed by atoms with Crippen molar-refractivity contribution >= 4 is 34.5 Å². The lowest BCUT2D eigenvalue weighted by molar-refractivity contribution is 0.0931. The Balaban J connectivity index is 1.79. The average Bonchev–Trinajstić information content (AvgIpc) is 3.12. The van der Waals surface area contributed by atoms with E-state index in [4.69, 9.17) is 0 Å². The fourth-order valence-corrected chi connectivity index (χ4v) is 3.43. The molecule has 0 aliphatic carbocycles. The van der Waals surface area contributed by atoms with E-state index in [-0.39, 0.29) is 11.8 Å². The molecule has 0 saturated heterocycles. The van der Waals surface area contributed by atoms with Gasteiger partial charge in [0.05, 0.1) is 15.6 Å². The molecular weight excluding hydrogens is 318 g/mol. The van der Waals surface area contributed by atoms with Crippen LogP contribution in [0.4, 0.5) is 0 Å². The highest BCUT2D eigenvalue weighted by Gasteiger charge is 2.16. The zero-order valence-electron chi connectivity index (χ0n) is 12.8. The summed E-state index contributed by atoms with van der Waals surface area (Å²) in [6.07, 6.45) is 0. The first-order chi connectivity index (χ1) is 10.5. The fourth-order valence-electron chi connectivity index (χ4n) is 1.80. The quantitative estimate of drug-likeness (QED) is 0.796. The van der Waals surface area contributed by atoms with Crippen LogP contribution in [0, 0.1) is 6.92 Å². The van der Waals surface area contributed by atoms with Crippen LogP contribution in [-0.2, 0) is 0 Å². The van der Waals surface area contributed by atoms with Crippen molar-refractivity contribution in [1.29, 1.82) is 0 Å². The number of carbonyl (C=O) groups is 2. The molecule has 0 aromatic carbocycles. The summed E-state index contributed by atoms with van der Waals surface area (Å²) in [7, 11) is 0. The van der Waals surface area contributed by atoms with E-state index in [0.717, 1.165) is 10.7 Å². The molecule has 0 saturated carbocycles. The summed E-state index contributed by atoms with van der Waals surface area (Å²) in [5, 5.41) is 8.41. The van der Waals surface area contributed by atoms with E-state index in [9.17, 15) is 9.59 Å². The number of thiophene rings is 1. The van der Waals surface area contributed by atoms with Crippen LogP contribution >= 0.6 is 22.7 Å². The van der Waals surface area contributed by atoms with Gasteiger partial charge >= 0.3 is 0 Å². The second-order valence-electron chi connectivity index (χ2n) is 5.11. The molecule has 0 radical (unpaired) electrons. The van der Waals surface area contributed by atoms with Gasteiger partial charge in [-0.2, -0.15) is 0 Å². The molecule has 2 amide bonds. The van der Waals surface area contributed by atoms with Crippen molar-refractivity contribution in [3.63, 3.8) is 0 Å². The van der Waals surface area contributed by atoms with Gasteiger partial charge in [-0.05, 0) is 18.4 Å². The SMILES string of the molecule is Cc1nc(C(C)C)sc1C(=O)NCCNC(=O)c1cccs1. The van der Waals surface area contributed by atoms with Gasteiger partial charge in [0.1, 0.15) is 4.88 Å². The van der Waals surface area contributed by atoms with Crippen LogP contribution in [-0.4, -0.2) is 29.9 Å². The van der Waals surface area contributed by atoms with Crippen molar-refractivity contribution < 1.29 is 9.59 Å². The number of aryl methyl sites for hydroxylation is 1. The number of nitrogens with zero attached hydrogens (tertiary/aromatic N) is 1. The van der Waals surface area contributed by atoms with Crippen molar-refractivity contribution in [1.82, 2.24) is 15.6 Å². The molecule has 0 spiro atoms. The van der Waals surface area contributed by atoms with Crippen LogP contribution in [0.1, 0.15) is 49.8 Å². The van der Waals surface area contributed by atoms with Gasteiger partial charge in [-0.1, -0.05) is 19.9 Å². The number of hydrogen-bond donors (Lipinski definition) is 2. The Kier molecular flexibility index (Phi) is 5.68. The van der Waals surface area contributed by atoms with Gasteiger partial charge in [-0.15, -0.1) is 22.7 Å². The molecule has 0 aliphatic heterocycles. The molecule has 7 heteroatoms. The largest absolute Gasteiger partial charge is 0.350 e. The van der Waals surface area contributed by atoms with Gasteiger partial charge in [0.2, 0.25) is 0 Å². The number of amides is 2. The van der Waals surface area contributed by atoms with E-state index in [1.807, 2.05) is 18.4 Å². The Labute approximate surface area is 137 Å². The summed E-state index contributed by atoms with van der Waals surface area (Å²) >= 11 is 2.82. The molecule has 2 N–H and O–H groups in total. The number of thiazole rings is 1. The minimum Gasteiger partial charge on any atom is -0.350 e. The Morgan fingerprint density at radius 1 is 1.23 bits per heavy atom. The van der Waals surface area contributed by atoms with E-state index in [1.54, 1.807) is 6.07 Å². The molecule has 5 nitrogen and oxygen atoms in total. The summed E-state index contributed by atoms with van der Waals surface area (Å²) in [6, 6.07) is 3.60. The number of nitrogens with one attached hydrogen (secondary N) is 2. The van der Waals surface area contributed by atoms with Crippen molar-refractivity contribution in [3.05, 3.63) is 38.0 Å². The smallest absolute Gasteiger partial charge is 0.263 e. The minimum atomic E-state index is -0.132. The monoisotopic (exact) mass is 337 g/mol. The first-order valence-electron chi connectivity index (χ1n) is 7.06. The molecule has 0 bridgehead atoms. The fraction of sp³-hybridized carbons (Fsp3) is 0.400. The van der Waals surface area contributed by atoms with Crippen LogP contribution in [0.25, 0.3) is 0 Å². The van der Waals surface area contributed by atoms with Crippen molar-refractivity contribution in [2.75, 3.05) is 13.1 Å². The predicted molar refractivity (Wildman–Crippen MR) is 89.9 cm³/mol. The third-order valence-corrected chi connectivity index (χ3v) is 5.28. The lowest BCUT2D eigenvalue weighted by Gasteiger charge is -2.05. The molecule has 118 valence electrons. The summed E-state index contributed by atoms with van der Waals surface area (Å²) in [4.78, 5) is 29.6. The Bertz CT molecular complexity index is 648. The Morgan fingerprint density at radius 3 is 2.45 bits per heavy atom. The van der Waals surface area contributed by atoms with E-state index >= 15 is 0 Å². The molecule has 2 heterocycles. The molecule has 0 atom stereocenters. The summed E-state index contributed by atoms with van der Waals surface area (Å²) in [6.45, 7) is 6.75. The zero-order chi connectivity index (χ0) is 16.1. The van der Waals surface area contributed by atoms with Gasteiger partial charge in [-0.25, -0.2) is 4.98 Å². The summed E-state index contributed by atoms with van der Waals surface area (Å²) in [5.41, 5.74) is 0.758. The highest BCUT2D eigenvalue weighted by molar-refractivity contribution is 7.14. The van der Waals surface area contributed by atoms with Crippen LogP contribution in [0.2, 0.25) is 0 Å². The number of rotatable bonds is 6. The third kappa shape index (κ3) is 4.14. The normalized spacial score (nSPS) is 10.7. The Morgan fingerprint density at radius 2 is 1.91 bits per heavy atom. The molecule has 0 aliphatic rings. The van der Waals surface area contributed by atoms with Crippen molar-refractivity contribution in [3.8, 4) is 0 Å². The van der Waals surface area contributed by atoms with Gasteiger partial charge < -0.3 is 10.6 Å². The molecule has 2 aromatic heterocycles. The van der Waals surface area contributed by atoms with Gasteiger partial charge in [0.15, 0.2) is 0 Å². The van der Waals surface area contributed by atoms with E-state index < -0.39 is 0 Å². The maximum atomic E-state index is 12.1. The van der Waals surface area contributed by atoms with Crippen LogP contribution in [0.3, 0.4) is 0 Å². The summed E-state index contributed by atoms with van der Waals surface area (Å²) in [5.74, 6) is 0.0721. The maximum absolute atomic E-state index is 12.1. The summed E-state index contributed by atoms with van der Waals surface area (Å²) < 4.78 is 0. The second-order valence-corrected chi connectivity index (χ2v) is 7.09. The lowest BCUT2D eigenvalue weighted by Crippen LogP contribution is -2.34. The Hall–Kier alpha value is -1.73. The minimum absolute atomic E-state index is 0.111. The zero-order valence-corrected chi connectivity index (χ0v) is 14.4. The number of carbonyl (C=O) groups excluding carboxylic acids is 2. The van der Waals surface area contributed by atoms with Gasteiger partial charge in [0, 0.05) is 19.0 Å². The van der Waals surface area contributed by atoms with Crippen molar-refractivity contribution in [2.45, 2.75) is 26.7 Å². The molecule has 22 heavy (non-hydrogen) atoms. The lowest BCUT2D eigenvalue weighted by atomic mass is 10.2. The van der Waals surface area contributed by atoms with Crippen LogP contribution in [0.15, 0.2) is 17.5 Å². The average molecular weight is 337 g/mol. The van der Waals surface area contributed by atoms with Gasteiger partial charge in [0.25, 0.3) is 11.8 Å². The highest BCUT2D eigenvalue weighted by Crippen LogP contribution is 2.24. The molecule has 2 rings (SSSR count). The van der Waals surface area contributed by atoms with Crippen LogP contribution in [0.5, 0.6) is 0 Å². The van der Waals surface area contributed by atoms with E-state index in [1.165, 1.54) is 22.7 Å². The standard InChI is InChI=1S/C15H19N3O2S2/c1-9(2)15-18-10(3)12(22-15)14(20)17-7-6-16-13(19)11-5-4-8-21-11/h4-5,8-9H,6-7H2,1-3H3,(H,16,19)(H,17,20). The number of hydrogen-bond acceptors (Lipinski definition) is 5. The number of aromatic nitrogens is 1. The molecule has 0 fully saturated rings. The van der Waals surface area contributed by atoms with Crippen molar-refractivity contribution in [2.24, 2.45) is 0 Å².